The number of nitrogens with zero attached hydrogens (tertiary/aromatic N) is 2. The molecule has 0 saturated heterocycles. The third-order valence-electron chi connectivity index (χ3n) is 3.52. The first kappa shape index (κ1) is 21.2. The number of benzene rings is 2. The second-order valence-corrected chi connectivity index (χ2v) is 8.19. The maximum absolute atomic E-state index is 12.3. The minimum absolute atomic E-state index is 0.0300. The fourth-order valence-corrected chi connectivity index (χ4v) is 3.25. The zero-order valence-electron chi connectivity index (χ0n) is 15.7. The second kappa shape index (κ2) is 8.70. The van der Waals surface area contributed by atoms with Gasteiger partial charge in [-0.1, -0.05) is 6.07 Å². The van der Waals surface area contributed by atoms with Gasteiger partial charge in [0.2, 0.25) is 15.9 Å². The highest BCUT2D eigenvalue weighted by molar-refractivity contribution is 7.92. The Balaban J connectivity index is 2.17. The first-order valence-corrected chi connectivity index (χ1v) is 10.2. The first-order valence-electron chi connectivity index (χ1n) is 8.35. The lowest BCUT2D eigenvalue weighted by Crippen LogP contribution is -2.37. The molecule has 0 atom stereocenters. The molecule has 1 amide bonds. The minimum Gasteiger partial charge on any atom is -0.491 e. The number of anilines is 2. The molecule has 0 fully saturated rings. The lowest BCUT2D eigenvalue weighted by molar-refractivity contribution is -0.384. The summed E-state index contributed by atoms with van der Waals surface area (Å²) in [4.78, 5) is 22.6. The number of non-ortho nitro benzene ring substituents is 1. The smallest absolute Gasteiger partial charge is 0.271 e. The predicted molar refractivity (Wildman–Crippen MR) is 106 cm³/mol. The van der Waals surface area contributed by atoms with E-state index in [1.54, 1.807) is 24.3 Å². The van der Waals surface area contributed by atoms with E-state index in [0.717, 1.165) is 10.6 Å². The lowest BCUT2D eigenvalue weighted by Gasteiger charge is -2.22. The van der Waals surface area contributed by atoms with Crippen LogP contribution < -0.4 is 14.4 Å². The molecule has 0 aliphatic heterocycles. The molecule has 0 aliphatic rings. The van der Waals surface area contributed by atoms with Gasteiger partial charge in [-0.15, -0.1) is 0 Å². The van der Waals surface area contributed by atoms with Crippen LogP contribution in [0.25, 0.3) is 0 Å². The molecule has 2 aromatic carbocycles. The van der Waals surface area contributed by atoms with E-state index in [9.17, 15) is 23.3 Å². The van der Waals surface area contributed by atoms with Gasteiger partial charge in [0.1, 0.15) is 12.3 Å². The zero-order valence-corrected chi connectivity index (χ0v) is 16.5. The summed E-state index contributed by atoms with van der Waals surface area (Å²) in [6.45, 7) is 3.26. The number of carbonyl (C=O) groups excluding carboxylic acids is 1. The van der Waals surface area contributed by atoms with Crippen molar-refractivity contribution < 1.29 is 22.9 Å². The molecular weight excluding hydrogens is 386 g/mol. The van der Waals surface area contributed by atoms with E-state index in [0.29, 0.717) is 11.4 Å². The summed E-state index contributed by atoms with van der Waals surface area (Å²) in [5.74, 6) is -0.0540. The molecule has 28 heavy (non-hydrogen) atoms. The number of rotatable bonds is 8. The van der Waals surface area contributed by atoms with Crippen molar-refractivity contribution in [1.29, 1.82) is 0 Å². The van der Waals surface area contributed by atoms with Crippen LogP contribution >= 0.6 is 0 Å². The van der Waals surface area contributed by atoms with Gasteiger partial charge >= 0.3 is 0 Å². The van der Waals surface area contributed by atoms with Crippen LogP contribution in [0.3, 0.4) is 0 Å². The largest absolute Gasteiger partial charge is 0.491 e. The molecule has 0 unspecified atom stereocenters. The van der Waals surface area contributed by atoms with Crippen LogP contribution in [0.2, 0.25) is 0 Å². The van der Waals surface area contributed by atoms with Crippen LogP contribution in [0.1, 0.15) is 13.8 Å². The summed E-state index contributed by atoms with van der Waals surface area (Å²) >= 11 is 0. The van der Waals surface area contributed by atoms with Gasteiger partial charge in [-0.2, -0.15) is 0 Å². The van der Waals surface area contributed by atoms with Gasteiger partial charge in [0.25, 0.3) is 5.69 Å². The van der Waals surface area contributed by atoms with Gasteiger partial charge in [-0.25, -0.2) is 8.42 Å². The molecule has 2 aromatic rings. The number of hydrogen-bond acceptors (Lipinski definition) is 6. The SMILES string of the molecule is CC(C)Oc1ccc(N(CC(=O)Nc2cccc([N+](=O)[O-])c2)S(C)(=O)=O)cc1. The fourth-order valence-electron chi connectivity index (χ4n) is 2.39. The maximum atomic E-state index is 12.3. The van der Waals surface area contributed by atoms with Crippen molar-refractivity contribution in [2.75, 3.05) is 22.4 Å². The van der Waals surface area contributed by atoms with Gasteiger partial charge in [-0.05, 0) is 44.2 Å². The molecule has 0 aliphatic carbocycles. The van der Waals surface area contributed by atoms with Crippen molar-refractivity contribution >= 4 is 33.0 Å². The van der Waals surface area contributed by atoms with Crippen molar-refractivity contribution in [3.05, 3.63) is 58.6 Å². The normalized spacial score (nSPS) is 11.1. The van der Waals surface area contributed by atoms with Crippen molar-refractivity contribution in [3.63, 3.8) is 0 Å². The second-order valence-electron chi connectivity index (χ2n) is 6.29. The Morgan fingerprint density at radius 1 is 1.21 bits per heavy atom. The quantitative estimate of drug-likeness (QED) is 0.531. The summed E-state index contributed by atoms with van der Waals surface area (Å²) in [5.41, 5.74) is 0.319. The summed E-state index contributed by atoms with van der Waals surface area (Å²) < 4.78 is 30.8. The molecule has 150 valence electrons. The van der Waals surface area contributed by atoms with Gasteiger partial charge in [0.05, 0.1) is 23.0 Å². The Kier molecular flexibility index (Phi) is 6.57. The third kappa shape index (κ3) is 5.95. The number of carbonyl (C=O) groups is 1. The molecule has 0 radical (unpaired) electrons. The van der Waals surface area contributed by atoms with Crippen LogP contribution in [0.4, 0.5) is 17.1 Å². The van der Waals surface area contributed by atoms with Crippen molar-refractivity contribution in [3.8, 4) is 5.75 Å². The van der Waals surface area contributed by atoms with Crippen molar-refractivity contribution in [1.82, 2.24) is 0 Å². The zero-order chi connectivity index (χ0) is 20.9. The summed E-state index contributed by atoms with van der Waals surface area (Å²) in [5, 5.41) is 13.3. The van der Waals surface area contributed by atoms with E-state index >= 15 is 0 Å². The number of hydrogen-bond donors (Lipinski definition) is 1. The summed E-state index contributed by atoms with van der Waals surface area (Å²) in [7, 11) is -3.74. The number of nitro benzene ring substituents is 1. The van der Waals surface area contributed by atoms with Crippen molar-refractivity contribution in [2.45, 2.75) is 20.0 Å². The Hall–Kier alpha value is -3.14. The Bertz CT molecular complexity index is 958. The molecule has 0 bridgehead atoms. The summed E-state index contributed by atoms with van der Waals surface area (Å²) in [6.07, 6.45) is 0.962. The highest BCUT2D eigenvalue weighted by Gasteiger charge is 2.21. The van der Waals surface area contributed by atoms with E-state index in [1.807, 2.05) is 13.8 Å². The molecular formula is C18H21N3O6S. The van der Waals surface area contributed by atoms with Gasteiger partial charge in [-0.3, -0.25) is 19.2 Å². The molecule has 0 saturated carbocycles. The molecule has 1 N–H and O–H groups in total. The molecule has 9 nitrogen and oxygen atoms in total. The maximum Gasteiger partial charge on any atom is 0.271 e. The van der Waals surface area contributed by atoms with Gasteiger partial charge < -0.3 is 10.1 Å². The van der Waals surface area contributed by atoms with E-state index in [-0.39, 0.29) is 17.5 Å². The fraction of sp³-hybridized carbons (Fsp3) is 0.278. The van der Waals surface area contributed by atoms with Crippen LogP contribution in [0.5, 0.6) is 5.75 Å². The standard InChI is InChI=1S/C18H21N3O6S/c1-13(2)27-17-9-7-15(8-10-17)20(28(3,25)26)12-18(22)19-14-5-4-6-16(11-14)21(23)24/h4-11,13H,12H2,1-3H3,(H,19,22). The van der Waals surface area contributed by atoms with Crippen LogP contribution in [0, 0.1) is 10.1 Å². The number of sulfonamides is 1. The Morgan fingerprint density at radius 2 is 1.86 bits per heavy atom. The third-order valence-corrected chi connectivity index (χ3v) is 4.67. The van der Waals surface area contributed by atoms with Crippen molar-refractivity contribution in [2.24, 2.45) is 0 Å². The topological polar surface area (TPSA) is 119 Å². The van der Waals surface area contributed by atoms with E-state index < -0.39 is 27.4 Å². The molecule has 10 heteroatoms. The minimum atomic E-state index is -3.74. The van der Waals surface area contributed by atoms with Gasteiger partial charge in [0, 0.05) is 17.8 Å². The average Bonchev–Trinajstić information content (AvgIpc) is 2.59. The number of nitrogens with one attached hydrogen (secondary N) is 1. The van der Waals surface area contributed by atoms with E-state index in [1.165, 1.54) is 24.3 Å². The number of amides is 1. The number of ether oxygens (including phenoxy) is 1. The highest BCUT2D eigenvalue weighted by atomic mass is 32.2. The van der Waals surface area contributed by atoms with E-state index in [4.69, 9.17) is 4.74 Å². The molecule has 0 aromatic heterocycles. The molecule has 2 rings (SSSR count). The Morgan fingerprint density at radius 3 is 2.39 bits per heavy atom. The van der Waals surface area contributed by atoms with Crippen LogP contribution in [0.15, 0.2) is 48.5 Å². The first-order chi connectivity index (χ1) is 13.1. The molecule has 0 spiro atoms. The van der Waals surface area contributed by atoms with E-state index in [2.05, 4.69) is 5.32 Å². The summed E-state index contributed by atoms with van der Waals surface area (Å²) in [6, 6.07) is 11.7. The lowest BCUT2D eigenvalue weighted by atomic mass is 10.2. The Labute approximate surface area is 163 Å². The molecule has 0 heterocycles. The van der Waals surface area contributed by atoms with Gasteiger partial charge in [0.15, 0.2) is 0 Å². The van der Waals surface area contributed by atoms with Crippen LogP contribution in [-0.4, -0.2) is 38.2 Å². The number of nitro groups is 1. The highest BCUT2D eigenvalue weighted by Crippen LogP contribution is 2.23. The monoisotopic (exact) mass is 407 g/mol. The van der Waals surface area contributed by atoms with Crippen LogP contribution in [-0.2, 0) is 14.8 Å². The average molecular weight is 407 g/mol. The predicted octanol–water partition coefficient (Wildman–Crippen LogP) is 2.79.